The van der Waals surface area contributed by atoms with E-state index in [0.717, 1.165) is 29.5 Å². The standard InChI is InChI=1S/C56H61N5O9/c1-55(2,3)50(60-54(68)70-5)51(65)58-44(34-39-29-31-40(32-30-39)45-28-18-19-33-57-45)36-48(62)47(35-38-20-10-6-11-21-38)61(52(66)46(37-49(63)64)59-53(67)69-4)56(41-22-12-7-13-23-41,42-24-14-8-15-25-42)43-26-16-9-17-27-43/h6-33,44,46-48,50,62H,34-37H2,1-5H3,(H,58,65)(H,59,67)(H,60,68)(H,63,64)/t44-,46-,47-,48-,50+/m0/s1. The first-order valence-corrected chi connectivity index (χ1v) is 23.1. The Balaban J connectivity index is 1.60. The van der Waals surface area contributed by atoms with Gasteiger partial charge in [0, 0.05) is 17.8 Å². The number of aliphatic hydroxyl groups excluding tert-OH is 1. The van der Waals surface area contributed by atoms with Crippen molar-refractivity contribution in [2.24, 2.45) is 5.41 Å². The molecule has 6 aromatic rings. The SMILES string of the molecule is COC(=O)N[C@@H](CC(=O)O)C(=O)N([C@@H](Cc1ccccc1)[C@@H](O)C[C@H](Cc1ccc(-c2ccccn2)cc1)NC(=O)[C@@H](NC(=O)OC)C(C)(C)C)C(c1ccccc1)(c1ccccc1)c1ccccc1. The van der Waals surface area contributed by atoms with Crippen molar-refractivity contribution in [3.8, 4) is 11.3 Å². The number of aliphatic hydroxyl groups is 1. The van der Waals surface area contributed by atoms with Crippen LogP contribution in [0.25, 0.3) is 11.3 Å². The van der Waals surface area contributed by atoms with Crippen LogP contribution in [0, 0.1) is 5.41 Å². The molecule has 0 aliphatic rings. The zero-order valence-corrected chi connectivity index (χ0v) is 40.0. The van der Waals surface area contributed by atoms with E-state index >= 15 is 4.79 Å². The number of benzene rings is 5. The molecule has 0 radical (unpaired) electrons. The van der Waals surface area contributed by atoms with Crippen LogP contribution in [0.3, 0.4) is 0 Å². The Kier molecular flexibility index (Phi) is 17.6. The maximum absolute atomic E-state index is 16.1. The van der Waals surface area contributed by atoms with Gasteiger partial charge in [0.25, 0.3) is 0 Å². The minimum atomic E-state index is -1.70. The number of carbonyl (C=O) groups is 5. The van der Waals surface area contributed by atoms with Crippen LogP contribution in [-0.4, -0.2) is 94.6 Å². The lowest BCUT2D eigenvalue weighted by Gasteiger charge is -2.51. The molecule has 0 saturated carbocycles. The summed E-state index contributed by atoms with van der Waals surface area (Å²) >= 11 is 0. The van der Waals surface area contributed by atoms with Crippen LogP contribution in [0.15, 0.2) is 170 Å². The molecular weight excluding hydrogens is 887 g/mol. The quantitative estimate of drug-likeness (QED) is 0.0469. The number of aromatic nitrogens is 1. The second-order valence-corrected chi connectivity index (χ2v) is 18.1. The Labute approximate surface area is 409 Å². The van der Waals surface area contributed by atoms with Gasteiger partial charge >= 0.3 is 18.2 Å². The molecule has 1 aromatic heterocycles. The zero-order chi connectivity index (χ0) is 50.3. The van der Waals surface area contributed by atoms with E-state index in [4.69, 9.17) is 9.47 Å². The van der Waals surface area contributed by atoms with Crippen LogP contribution >= 0.6 is 0 Å². The number of methoxy groups -OCH3 is 2. The number of nitrogens with one attached hydrogen (secondary N) is 3. The second-order valence-electron chi connectivity index (χ2n) is 18.1. The number of hydrogen-bond acceptors (Lipinski definition) is 9. The van der Waals surface area contributed by atoms with Crippen molar-refractivity contribution in [3.05, 3.63) is 198 Å². The van der Waals surface area contributed by atoms with Crippen molar-refractivity contribution in [3.63, 3.8) is 0 Å². The van der Waals surface area contributed by atoms with Crippen LogP contribution < -0.4 is 16.0 Å². The molecule has 14 nitrogen and oxygen atoms in total. The number of rotatable bonds is 20. The Morgan fingerprint density at radius 3 is 1.57 bits per heavy atom. The van der Waals surface area contributed by atoms with Crippen LogP contribution in [0.2, 0.25) is 0 Å². The Hall–Kier alpha value is -7.84. The number of carboxylic acids is 1. The predicted molar refractivity (Wildman–Crippen MR) is 266 cm³/mol. The van der Waals surface area contributed by atoms with Crippen molar-refractivity contribution < 1.29 is 43.7 Å². The highest BCUT2D eigenvalue weighted by Gasteiger charge is 2.51. The van der Waals surface area contributed by atoms with E-state index in [2.05, 4.69) is 20.9 Å². The lowest BCUT2D eigenvalue weighted by atomic mass is 9.73. The number of aliphatic carboxylic acids is 1. The number of amides is 4. The molecular formula is C56H61N5O9. The maximum Gasteiger partial charge on any atom is 0.407 e. The third-order valence-electron chi connectivity index (χ3n) is 12.2. The smallest absolute Gasteiger partial charge is 0.407 e. The van der Waals surface area contributed by atoms with E-state index in [1.165, 1.54) is 12.0 Å². The summed E-state index contributed by atoms with van der Waals surface area (Å²) in [5.74, 6) is -2.74. The topological polar surface area (TPSA) is 196 Å². The normalized spacial score (nSPS) is 13.6. The molecule has 5 atom stereocenters. The second kappa shape index (κ2) is 23.9. The summed E-state index contributed by atoms with van der Waals surface area (Å²) in [5.41, 5.74) is 2.54. The Morgan fingerprint density at radius 2 is 1.10 bits per heavy atom. The van der Waals surface area contributed by atoms with Crippen LogP contribution in [0.4, 0.5) is 9.59 Å². The van der Waals surface area contributed by atoms with Gasteiger partial charge in [0.1, 0.15) is 17.6 Å². The fraction of sp³-hybridized carbons (Fsp3) is 0.286. The number of pyridine rings is 1. The van der Waals surface area contributed by atoms with Crippen molar-refractivity contribution in [2.45, 2.75) is 82.3 Å². The van der Waals surface area contributed by atoms with Crippen LogP contribution in [0.1, 0.15) is 61.4 Å². The van der Waals surface area contributed by atoms with E-state index < -0.39 is 77.6 Å². The molecule has 4 amide bonds. The van der Waals surface area contributed by atoms with E-state index in [1.807, 2.05) is 164 Å². The molecule has 70 heavy (non-hydrogen) atoms. The molecule has 0 unspecified atom stereocenters. The van der Waals surface area contributed by atoms with Gasteiger partial charge in [0.2, 0.25) is 11.8 Å². The molecule has 5 aromatic carbocycles. The van der Waals surface area contributed by atoms with Gasteiger partial charge in [-0.2, -0.15) is 0 Å². The molecule has 1 heterocycles. The summed E-state index contributed by atoms with van der Waals surface area (Å²) in [4.78, 5) is 75.1. The molecule has 0 aliphatic carbocycles. The summed E-state index contributed by atoms with van der Waals surface area (Å²) in [6.07, 6.45) is -2.38. The fourth-order valence-corrected chi connectivity index (χ4v) is 8.94. The molecule has 0 bridgehead atoms. The van der Waals surface area contributed by atoms with Crippen molar-refractivity contribution in [2.75, 3.05) is 14.2 Å². The summed E-state index contributed by atoms with van der Waals surface area (Å²) < 4.78 is 9.86. The molecule has 0 fully saturated rings. The van der Waals surface area contributed by atoms with Gasteiger partial charge in [-0.15, -0.1) is 0 Å². The molecule has 5 N–H and O–H groups in total. The molecule has 6 rings (SSSR count). The maximum atomic E-state index is 16.1. The third-order valence-corrected chi connectivity index (χ3v) is 12.2. The van der Waals surface area contributed by atoms with Crippen LogP contribution in [-0.2, 0) is 42.2 Å². The summed E-state index contributed by atoms with van der Waals surface area (Å²) in [6, 6.07) is 45.5. The van der Waals surface area contributed by atoms with Crippen LogP contribution in [0.5, 0.6) is 0 Å². The first-order valence-electron chi connectivity index (χ1n) is 23.1. The average Bonchev–Trinajstić information content (AvgIpc) is 3.37. The lowest BCUT2D eigenvalue weighted by molar-refractivity contribution is -0.149. The van der Waals surface area contributed by atoms with Gasteiger partial charge in [-0.1, -0.05) is 172 Å². The number of carbonyl (C=O) groups excluding carboxylic acids is 4. The highest BCUT2D eigenvalue weighted by Crippen LogP contribution is 2.45. The molecule has 364 valence electrons. The van der Waals surface area contributed by atoms with Gasteiger partial charge in [0.15, 0.2) is 0 Å². The average molecular weight is 948 g/mol. The van der Waals surface area contributed by atoms with Gasteiger partial charge in [-0.25, -0.2) is 9.59 Å². The number of hydrogen-bond donors (Lipinski definition) is 5. The first kappa shape index (κ1) is 51.5. The van der Waals surface area contributed by atoms with E-state index in [9.17, 15) is 29.4 Å². The minimum absolute atomic E-state index is 0.0218. The fourth-order valence-electron chi connectivity index (χ4n) is 8.94. The first-order chi connectivity index (χ1) is 33.6. The lowest BCUT2D eigenvalue weighted by Crippen LogP contribution is -2.64. The molecule has 0 aliphatic heterocycles. The highest BCUT2D eigenvalue weighted by atomic mass is 16.5. The largest absolute Gasteiger partial charge is 0.481 e. The molecule has 14 heteroatoms. The number of nitrogens with zero attached hydrogens (tertiary/aromatic N) is 2. The Bertz CT molecular complexity index is 2540. The number of carboxylic acid groups (broad SMARTS) is 1. The Morgan fingerprint density at radius 1 is 0.614 bits per heavy atom. The third kappa shape index (κ3) is 12.8. The van der Waals surface area contributed by atoms with Crippen molar-refractivity contribution in [1.82, 2.24) is 25.8 Å². The number of alkyl carbamates (subject to hydrolysis) is 2. The molecule has 0 saturated heterocycles. The number of ether oxygens (including phenoxy) is 2. The molecule has 0 spiro atoms. The monoisotopic (exact) mass is 947 g/mol. The zero-order valence-electron chi connectivity index (χ0n) is 40.0. The van der Waals surface area contributed by atoms with Gasteiger partial charge in [0.05, 0.1) is 38.5 Å². The summed E-state index contributed by atoms with van der Waals surface area (Å²) in [6.45, 7) is 5.41. The predicted octanol–water partition coefficient (Wildman–Crippen LogP) is 7.93. The van der Waals surface area contributed by atoms with Crippen molar-refractivity contribution >= 4 is 30.0 Å². The van der Waals surface area contributed by atoms with E-state index in [-0.39, 0.29) is 19.3 Å². The van der Waals surface area contributed by atoms with E-state index in [1.54, 1.807) is 27.0 Å². The minimum Gasteiger partial charge on any atom is -0.481 e. The summed E-state index contributed by atoms with van der Waals surface area (Å²) in [5, 5.41) is 32.0. The van der Waals surface area contributed by atoms with Gasteiger partial charge in [-0.05, 0) is 64.6 Å². The summed E-state index contributed by atoms with van der Waals surface area (Å²) in [7, 11) is 2.33. The highest BCUT2D eigenvalue weighted by molar-refractivity contribution is 5.91. The van der Waals surface area contributed by atoms with Crippen molar-refractivity contribution in [1.29, 1.82) is 0 Å². The van der Waals surface area contributed by atoms with Gasteiger partial charge < -0.3 is 40.5 Å². The van der Waals surface area contributed by atoms with Gasteiger partial charge in [-0.3, -0.25) is 19.4 Å². The van der Waals surface area contributed by atoms with E-state index in [0.29, 0.717) is 16.7 Å².